The monoisotopic (exact) mass is 235 g/mol. The van der Waals surface area contributed by atoms with E-state index >= 15 is 0 Å². The molecule has 0 heterocycles. The van der Waals surface area contributed by atoms with E-state index in [1.54, 1.807) is 0 Å². The van der Waals surface area contributed by atoms with E-state index in [0.29, 0.717) is 6.04 Å². The summed E-state index contributed by atoms with van der Waals surface area (Å²) in [5, 5.41) is 11.9. The molecule has 0 spiro atoms. The molecule has 94 valence electrons. The normalized spacial score (nSPS) is 12.3. The van der Waals surface area contributed by atoms with Crippen molar-refractivity contribution in [1.82, 2.24) is 5.32 Å². The molecule has 0 aliphatic rings. The lowest BCUT2D eigenvalue weighted by molar-refractivity contribution is -0.137. The van der Waals surface area contributed by atoms with E-state index in [4.69, 9.17) is 5.11 Å². The molecule has 0 bridgehead atoms. The van der Waals surface area contributed by atoms with Crippen LogP contribution in [0.25, 0.3) is 0 Å². The Morgan fingerprint density at radius 1 is 1.29 bits per heavy atom. The number of unbranched alkanes of at least 4 members (excludes halogenated alkanes) is 1. The second-order valence-electron chi connectivity index (χ2n) is 4.40. The Kier molecular flexibility index (Phi) is 6.33. The summed E-state index contributed by atoms with van der Waals surface area (Å²) in [6.45, 7) is 3.05. The van der Waals surface area contributed by atoms with Crippen LogP contribution >= 0.6 is 0 Å². The number of nitrogens with one attached hydrogen (secondary N) is 1. The van der Waals surface area contributed by atoms with Gasteiger partial charge in [-0.1, -0.05) is 30.3 Å². The van der Waals surface area contributed by atoms with Crippen LogP contribution in [0.1, 0.15) is 31.7 Å². The summed E-state index contributed by atoms with van der Waals surface area (Å²) in [4.78, 5) is 10.3. The number of rotatable bonds is 8. The molecule has 0 aliphatic carbocycles. The van der Waals surface area contributed by atoms with Crippen LogP contribution in [0.2, 0.25) is 0 Å². The molecule has 0 radical (unpaired) electrons. The molecular weight excluding hydrogens is 214 g/mol. The average molecular weight is 235 g/mol. The smallest absolute Gasteiger partial charge is 0.303 e. The Morgan fingerprint density at radius 2 is 2.00 bits per heavy atom. The van der Waals surface area contributed by atoms with E-state index in [1.807, 2.05) is 6.07 Å². The Balaban J connectivity index is 2.09. The summed E-state index contributed by atoms with van der Waals surface area (Å²) < 4.78 is 0. The molecule has 0 saturated heterocycles. The zero-order chi connectivity index (χ0) is 12.5. The summed E-state index contributed by atoms with van der Waals surface area (Å²) in [7, 11) is 0. The molecule has 0 aromatic heterocycles. The summed E-state index contributed by atoms with van der Waals surface area (Å²) in [6.07, 6.45) is 2.96. The predicted molar refractivity (Wildman–Crippen MR) is 69.1 cm³/mol. The van der Waals surface area contributed by atoms with Crippen LogP contribution < -0.4 is 5.32 Å². The van der Waals surface area contributed by atoms with Crippen molar-refractivity contribution >= 4 is 5.97 Å². The van der Waals surface area contributed by atoms with E-state index in [0.717, 1.165) is 25.8 Å². The van der Waals surface area contributed by atoms with Gasteiger partial charge in [0.15, 0.2) is 0 Å². The van der Waals surface area contributed by atoms with E-state index in [1.165, 1.54) is 5.56 Å². The topological polar surface area (TPSA) is 49.3 Å². The molecule has 1 aromatic carbocycles. The summed E-state index contributed by atoms with van der Waals surface area (Å²) >= 11 is 0. The standard InChI is InChI=1S/C14H21NO2/c1-12(11-13-7-3-2-4-8-13)15-10-6-5-9-14(16)17/h2-4,7-8,12,15H,5-6,9-11H2,1H3,(H,16,17). The zero-order valence-corrected chi connectivity index (χ0v) is 10.4. The molecule has 2 N–H and O–H groups in total. The Bertz CT molecular complexity index is 324. The molecule has 1 unspecified atom stereocenters. The maximum Gasteiger partial charge on any atom is 0.303 e. The third-order valence-corrected chi connectivity index (χ3v) is 2.69. The fourth-order valence-electron chi connectivity index (χ4n) is 1.79. The SMILES string of the molecule is CC(Cc1ccccc1)NCCCCC(=O)O. The van der Waals surface area contributed by atoms with Gasteiger partial charge >= 0.3 is 5.97 Å². The molecule has 1 rings (SSSR count). The van der Waals surface area contributed by atoms with Gasteiger partial charge in [0.1, 0.15) is 0 Å². The van der Waals surface area contributed by atoms with Crippen LogP contribution in [0.4, 0.5) is 0 Å². The lowest BCUT2D eigenvalue weighted by Gasteiger charge is -2.13. The van der Waals surface area contributed by atoms with Crippen LogP contribution in [-0.4, -0.2) is 23.7 Å². The van der Waals surface area contributed by atoms with Crippen molar-refractivity contribution in [2.45, 2.75) is 38.6 Å². The Labute approximate surface area is 103 Å². The van der Waals surface area contributed by atoms with Crippen LogP contribution in [0, 0.1) is 0 Å². The molecule has 0 amide bonds. The first-order chi connectivity index (χ1) is 8.18. The number of carboxylic acids is 1. The molecule has 0 aliphatic heterocycles. The van der Waals surface area contributed by atoms with Crippen molar-refractivity contribution in [2.24, 2.45) is 0 Å². The van der Waals surface area contributed by atoms with Crippen molar-refractivity contribution in [2.75, 3.05) is 6.54 Å². The van der Waals surface area contributed by atoms with Gasteiger partial charge in [-0.15, -0.1) is 0 Å². The van der Waals surface area contributed by atoms with Crippen LogP contribution in [0.5, 0.6) is 0 Å². The molecule has 0 saturated carbocycles. The van der Waals surface area contributed by atoms with Crippen LogP contribution in [-0.2, 0) is 11.2 Å². The highest BCUT2D eigenvalue weighted by molar-refractivity contribution is 5.66. The second kappa shape index (κ2) is 7.85. The number of carboxylic acid groups (broad SMARTS) is 1. The van der Waals surface area contributed by atoms with E-state index in [-0.39, 0.29) is 6.42 Å². The predicted octanol–water partition coefficient (Wildman–Crippen LogP) is 2.46. The van der Waals surface area contributed by atoms with Crippen molar-refractivity contribution in [3.63, 3.8) is 0 Å². The van der Waals surface area contributed by atoms with Gasteiger partial charge in [0.25, 0.3) is 0 Å². The van der Waals surface area contributed by atoms with E-state index in [9.17, 15) is 4.79 Å². The first-order valence-electron chi connectivity index (χ1n) is 6.17. The molecule has 17 heavy (non-hydrogen) atoms. The van der Waals surface area contributed by atoms with Gasteiger partial charge in [-0.2, -0.15) is 0 Å². The van der Waals surface area contributed by atoms with Crippen LogP contribution in [0.3, 0.4) is 0 Å². The quantitative estimate of drug-likeness (QED) is 0.680. The highest BCUT2D eigenvalue weighted by Gasteiger charge is 2.02. The highest BCUT2D eigenvalue weighted by Crippen LogP contribution is 2.03. The lowest BCUT2D eigenvalue weighted by atomic mass is 10.1. The van der Waals surface area contributed by atoms with Crippen molar-refractivity contribution in [1.29, 1.82) is 0 Å². The number of aliphatic carboxylic acids is 1. The van der Waals surface area contributed by atoms with Crippen molar-refractivity contribution in [3.05, 3.63) is 35.9 Å². The molecule has 3 heteroatoms. The van der Waals surface area contributed by atoms with Gasteiger partial charge in [0.05, 0.1) is 0 Å². The second-order valence-corrected chi connectivity index (χ2v) is 4.40. The third kappa shape index (κ3) is 6.74. The highest BCUT2D eigenvalue weighted by atomic mass is 16.4. The van der Waals surface area contributed by atoms with Gasteiger partial charge < -0.3 is 10.4 Å². The van der Waals surface area contributed by atoms with Gasteiger partial charge in [0, 0.05) is 12.5 Å². The first kappa shape index (κ1) is 13.7. The van der Waals surface area contributed by atoms with Gasteiger partial charge in [-0.3, -0.25) is 4.79 Å². The third-order valence-electron chi connectivity index (χ3n) is 2.69. The Hall–Kier alpha value is -1.35. The summed E-state index contributed by atoms with van der Waals surface area (Å²) in [5.41, 5.74) is 1.33. The molecule has 0 fully saturated rings. The number of hydrogen-bond acceptors (Lipinski definition) is 2. The average Bonchev–Trinajstić information content (AvgIpc) is 2.29. The molecular formula is C14H21NO2. The minimum atomic E-state index is -0.706. The van der Waals surface area contributed by atoms with Gasteiger partial charge in [-0.05, 0) is 38.3 Å². The maximum absolute atomic E-state index is 10.3. The molecule has 3 nitrogen and oxygen atoms in total. The lowest BCUT2D eigenvalue weighted by Crippen LogP contribution is -2.29. The molecule has 1 atom stereocenters. The first-order valence-corrected chi connectivity index (χ1v) is 6.17. The zero-order valence-electron chi connectivity index (χ0n) is 10.4. The van der Waals surface area contributed by atoms with E-state index < -0.39 is 5.97 Å². The fourth-order valence-corrected chi connectivity index (χ4v) is 1.79. The largest absolute Gasteiger partial charge is 0.481 e. The van der Waals surface area contributed by atoms with Crippen molar-refractivity contribution < 1.29 is 9.90 Å². The fraction of sp³-hybridized carbons (Fsp3) is 0.500. The Morgan fingerprint density at radius 3 is 2.65 bits per heavy atom. The minimum absolute atomic E-state index is 0.273. The maximum atomic E-state index is 10.3. The van der Waals surface area contributed by atoms with Gasteiger partial charge in [0.2, 0.25) is 0 Å². The molecule has 1 aromatic rings. The van der Waals surface area contributed by atoms with E-state index in [2.05, 4.69) is 36.5 Å². The summed E-state index contributed by atoms with van der Waals surface area (Å²) in [5.74, 6) is -0.706. The van der Waals surface area contributed by atoms with Crippen molar-refractivity contribution in [3.8, 4) is 0 Å². The minimum Gasteiger partial charge on any atom is -0.481 e. The number of carbonyl (C=O) groups is 1. The number of hydrogen-bond donors (Lipinski definition) is 2. The van der Waals surface area contributed by atoms with Gasteiger partial charge in [-0.25, -0.2) is 0 Å². The number of benzene rings is 1. The van der Waals surface area contributed by atoms with Crippen LogP contribution in [0.15, 0.2) is 30.3 Å². The summed E-state index contributed by atoms with van der Waals surface area (Å²) in [6, 6.07) is 10.8.